The molecule has 0 aliphatic carbocycles. The topological polar surface area (TPSA) is 101 Å². The van der Waals surface area contributed by atoms with Crippen LogP contribution < -0.4 is 16.8 Å². The smallest absolute Gasteiger partial charge is 0.322 e. The van der Waals surface area contributed by atoms with Gasteiger partial charge >= 0.3 is 5.97 Å². The Labute approximate surface area is 81.7 Å². The average Bonchev–Trinajstić information content (AvgIpc) is 2.16. The van der Waals surface area contributed by atoms with Gasteiger partial charge in [-0.1, -0.05) is 12.1 Å². The lowest BCUT2D eigenvalue weighted by Gasteiger charge is -2.11. The minimum atomic E-state index is -1.04. The maximum absolute atomic E-state index is 10.4. The van der Waals surface area contributed by atoms with Crippen LogP contribution in [-0.4, -0.2) is 23.7 Å². The predicted molar refractivity (Wildman–Crippen MR) is 55.0 cm³/mol. The molecule has 0 bridgehead atoms. The van der Waals surface area contributed by atoms with Crippen LogP contribution in [0.25, 0.3) is 0 Å². The number of rotatable bonds is 4. The second-order valence-electron chi connectivity index (χ2n) is 2.91. The first-order chi connectivity index (χ1) is 6.61. The number of nitrogens with one attached hydrogen (secondary N) is 1. The highest BCUT2D eigenvalue weighted by Crippen LogP contribution is 2.15. The zero-order valence-electron chi connectivity index (χ0n) is 7.60. The molecule has 76 valence electrons. The van der Waals surface area contributed by atoms with E-state index in [-0.39, 0.29) is 6.54 Å². The van der Waals surface area contributed by atoms with E-state index < -0.39 is 12.0 Å². The molecule has 1 atom stereocenters. The minimum Gasteiger partial charge on any atom is -0.480 e. The van der Waals surface area contributed by atoms with Crippen molar-refractivity contribution in [1.82, 2.24) is 0 Å². The van der Waals surface area contributed by atoms with Gasteiger partial charge in [-0.05, 0) is 12.1 Å². The number of aliphatic carboxylic acids is 1. The summed E-state index contributed by atoms with van der Waals surface area (Å²) in [5.74, 6) is -1.04. The number of carboxylic acid groups (broad SMARTS) is 1. The Hall–Kier alpha value is -1.75. The summed E-state index contributed by atoms with van der Waals surface area (Å²) < 4.78 is 0. The predicted octanol–water partition coefficient (Wildman–Crippen LogP) is 0.0926. The first-order valence-electron chi connectivity index (χ1n) is 4.18. The molecule has 1 aromatic rings. The highest BCUT2D eigenvalue weighted by molar-refractivity contribution is 5.74. The molecule has 0 fully saturated rings. The van der Waals surface area contributed by atoms with Gasteiger partial charge in [-0.25, -0.2) is 0 Å². The molecule has 0 radical (unpaired) electrons. The number of nitrogen functional groups attached to an aromatic ring is 1. The van der Waals surface area contributed by atoms with E-state index in [9.17, 15) is 4.79 Å². The van der Waals surface area contributed by atoms with Crippen LogP contribution in [-0.2, 0) is 4.79 Å². The molecule has 1 unspecified atom stereocenters. The Morgan fingerprint density at radius 1 is 1.50 bits per heavy atom. The van der Waals surface area contributed by atoms with Crippen molar-refractivity contribution in [3.8, 4) is 0 Å². The summed E-state index contributed by atoms with van der Waals surface area (Å²) >= 11 is 0. The van der Waals surface area contributed by atoms with Gasteiger partial charge in [0.1, 0.15) is 6.04 Å². The summed E-state index contributed by atoms with van der Waals surface area (Å²) in [7, 11) is 0. The number of hydrogen-bond donors (Lipinski definition) is 4. The molecule has 0 heterocycles. The first kappa shape index (κ1) is 10.3. The maximum atomic E-state index is 10.4. The Balaban J connectivity index is 2.54. The Kier molecular flexibility index (Phi) is 3.30. The summed E-state index contributed by atoms with van der Waals surface area (Å²) in [5.41, 5.74) is 12.2. The molecule has 5 heteroatoms. The van der Waals surface area contributed by atoms with Crippen molar-refractivity contribution in [2.75, 3.05) is 17.6 Å². The van der Waals surface area contributed by atoms with E-state index in [1.807, 2.05) is 6.07 Å². The summed E-state index contributed by atoms with van der Waals surface area (Å²) in [6.45, 7) is 0.156. The molecule has 1 aromatic carbocycles. The van der Waals surface area contributed by atoms with Crippen LogP contribution in [0.1, 0.15) is 0 Å². The van der Waals surface area contributed by atoms with Crippen molar-refractivity contribution in [1.29, 1.82) is 0 Å². The van der Waals surface area contributed by atoms with Crippen LogP contribution in [0.3, 0.4) is 0 Å². The fourth-order valence-electron chi connectivity index (χ4n) is 0.965. The minimum absolute atomic E-state index is 0.156. The van der Waals surface area contributed by atoms with Crippen LogP contribution in [0.2, 0.25) is 0 Å². The van der Waals surface area contributed by atoms with E-state index in [0.29, 0.717) is 11.4 Å². The average molecular weight is 195 g/mol. The van der Waals surface area contributed by atoms with Gasteiger partial charge in [0.25, 0.3) is 0 Å². The van der Waals surface area contributed by atoms with Crippen molar-refractivity contribution >= 4 is 17.3 Å². The van der Waals surface area contributed by atoms with Gasteiger partial charge < -0.3 is 21.9 Å². The molecule has 0 aliphatic heterocycles. The van der Waals surface area contributed by atoms with Gasteiger partial charge in [-0.15, -0.1) is 0 Å². The fraction of sp³-hybridized carbons (Fsp3) is 0.222. The maximum Gasteiger partial charge on any atom is 0.322 e. The van der Waals surface area contributed by atoms with Gasteiger partial charge in [0, 0.05) is 6.54 Å². The van der Waals surface area contributed by atoms with Crippen LogP contribution in [0.15, 0.2) is 24.3 Å². The molecule has 6 N–H and O–H groups in total. The number of carbonyl (C=O) groups is 1. The third-order valence-electron chi connectivity index (χ3n) is 1.79. The number of carboxylic acids is 1. The largest absolute Gasteiger partial charge is 0.480 e. The molecule has 5 nitrogen and oxygen atoms in total. The molecule has 0 spiro atoms. The normalized spacial score (nSPS) is 12.1. The Morgan fingerprint density at radius 3 is 2.71 bits per heavy atom. The second-order valence-corrected chi connectivity index (χ2v) is 2.91. The number of nitrogens with two attached hydrogens (primary N) is 2. The van der Waals surface area contributed by atoms with Gasteiger partial charge in [0.15, 0.2) is 0 Å². The SMILES string of the molecule is Nc1ccccc1NCC(N)C(=O)O. The zero-order chi connectivity index (χ0) is 10.6. The third-order valence-corrected chi connectivity index (χ3v) is 1.79. The molecular formula is C9H13N3O2. The Morgan fingerprint density at radius 2 is 2.14 bits per heavy atom. The van der Waals surface area contributed by atoms with Crippen LogP contribution >= 0.6 is 0 Å². The van der Waals surface area contributed by atoms with Crippen molar-refractivity contribution in [3.63, 3.8) is 0 Å². The summed E-state index contributed by atoms with van der Waals surface area (Å²) in [4.78, 5) is 10.4. The van der Waals surface area contributed by atoms with Gasteiger partial charge in [-0.2, -0.15) is 0 Å². The van der Waals surface area contributed by atoms with E-state index in [1.165, 1.54) is 0 Å². The highest BCUT2D eigenvalue weighted by atomic mass is 16.4. The summed E-state index contributed by atoms with van der Waals surface area (Å²) in [6, 6.07) is 6.19. The molecule has 0 amide bonds. The van der Waals surface area contributed by atoms with Gasteiger partial charge in [-0.3, -0.25) is 4.79 Å². The number of benzene rings is 1. The molecule has 0 saturated heterocycles. The van der Waals surface area contributed by atoms with Crippen molar-refractivity contribution in [2.45, 2.75) is 6.04 Å². The molecule has 0 aliphatic rings. The van der Waals surface area contributed by atoms with Crippen molar-refractivity contribution in [3.05, 3.63) is 24.3 Å². The van der Waals surface area contributed by atoms with Crippen molar-refractivity contribution < 1.29 is 9.90 Å². The second kappa shape index (κ2) is 4.48. The molecule has 1 rings (SSSR count). The van der Waals surface area contributed by atoms with Crippen molar-refractivity contribution in [2.24, 2.45) is 5.73 Å². The van der Waals surface area contributed by atoms with Crippen LogP contribution in [0.5, 0.6) is 0 Å². The lowest BCUT2D eigenvalue weighted by Crippen LogP contribution is -2.37. The monoisotopic (exact) mass is 195 g/mol. The molecular weight excluding hydrogens is 182 g/mol. The van der Waals surface area contributed by atoms with E-state index in [0.717, 1.165) is 0 Å². The summed E-state index contributed by atoms with van der Waals surface area (Å²) in [6.07, 6.45) is 0. The van der Waals surface area contributed by atoms with E-state index in [1.54, 1.807) is 18.2 Å². The van der Waals surface area contributed by atoms with E-state index in [2.05, 4.69) is 5.32 Å². The van der Waals surface area contributed by atoms with E-state index >= 15 is 0 Å². The third kappa shape index (κ3) is 2.63. The quantitative estimate of drug-likeness (QED) is 0.510. The standard InChI is InChI=1S/C9H13N3O2/c10-6-3-1-2-4-8(6)12-5-7(11)9(13)14/h1-4,7,12H,5,10-11H2,(H,13,14). The lowest BCUT2D eigenvalue weighted by molar-refractivity contribution is -0.138. The lowest BCUT2D eigenvalue weighted by atomic mass is 10.2. The molecule has 14 heavy (non-hydrogen) atoms. The van der Waals surface area contributed by atoms with Crippen LogP contribution in [0, 0.1) is 0 Å². The van der Waals surface area contributed by atoms with Crippen LogP contribution in [0.4, 0.5) is 11.4 Å². The Bertz CT molecular complexity index is 328. The molecule has 0 saturated carbocycles. The summed E-state index contributed by atoms with van der Waals surface area (Å²) in [5, 5.41) is 11.4. The first-order valence-corrected chi connectivity index (χ1v) is 4.18. The number of anilines is 2. The van der Waals surface area contributed by atoms with Gasteiger partial charge in [0.2, 0.25) is 0 Å². The fourth-order valence-corrected chi connectivity index (χ4v) is 0.965. The number of hydrogen-bond acceptors (Lipinski definition) is 4. The number of para-hydroxylation sites is 2. The zero-order valence-corrected chi connectivity index (χ0v) is 7.60. The van der Waals surface area contributed by atoms with E-state index in [4.69, 9.17) is 16.6 Å². The van der Waals surface area contributed by atoms with Gasteiger partial charge in [0.05, 0.1) is 11.4 Å². The highest BCUT2D eigenvalue weighted by Gasteiger charge is 2.10. The molecule has 0 aromatic heterocycles.